The van der Waals surface area contributed by atoms with Gasteiger partial charge < -0.3 is 39.9 Å². The third kappa shape index (κ3) is 34.5. The maximum Gasteiger partial charge on any atom is 0.472 e. The number of unbranched alkanes of at least 4 members (excludes halogenated alkanes) is 27. The van der Waals surface area contributed by atoms with Crippen LogP contribution in [0.15, 0.2) is 36.5 Å². The Balaban J connectivity index is 2.31. The van der Waals surface area contributed by atoms with Gasteiger partial charge in [0, 0.05) is 13.0 Å². The smallest absolute Gasteiger partial charge is 0.457 e. The number of esters is 1. The highest BCUT2D eigenvalue weighted by molar-refractivity contribution is 7.47. The molecule has 0 aromatic carbocycles. The molecule has 0 saturated heterocycles. The number of rotatable bonds is 45. The molecule has 382 valence electrons. The first-order valence-electron chi connectivity index (χ1n) is 26.3. The van der Waals surface area contributed by atoms with E-state index in [1.54, 1.807) is 0 Å². The molecule has 1 rings (SSSR count). The number of carbonyl (C=O) groups excluding carboxylic acids is 1. The van der Waals surface area contributed by atoms with E-state index in [-0.39, 0.29) is 13.0 Å². The highest BCUT2D eigenvalue weighted by Crippen LogP contribution is 2.47. The van der Waals surface area contributed by atoms with Crippen molar-refractivity contribution in [2.75, 3.05) is 19.8 Å². The van der Waals surface area contributed by atoms with Gasteiger partial charge in [0.15, 0.2) is 0 Å². The molecule has 1 aliphatic carbocycles. The second-order valence-corrected chi connectivity index (χ2v) is 19.8. The predicted octanol–water partition coefficient (Wildman–Crippen LogP) is 11.8. The number of phosphoric ester groups is 1. The van der Waals surface area contributed by atoms with E-state index in [1.807, 2.05) is 0 Å². The zero-order valence-electron chi connectivity index (χ0n) is 41.0. The average molecular weight is 945 g/mol. The summed E-state index contributed by atoms with van der Waals surface area (Å²) in [4.78, 5) is 23.2. The molecular formula is C52H97O12P. The first-order chi connectivity index (χ1) is 31.5. The maximum atomic E-state index is 12.8. The summed E-state index contributed by atoms with van der Waals surface area (Å²) in [5.41, 5.74) is 0. The molecule has 1 aliphatic rings. The number of ether oxygens (including phenoxy) is 2. The number of phosphoric acid groups is 1. The Kier molecular flexibility index (Phi) is 40.4. The van der Waals surface area contributed by atoms with Crippen molar-refractivity contribution in [1.82, 2.24) is 0 Å². The quantitative estimate of drug-likeness (QED) is 0.0147. The fourth-order valence-electron chi connectivity index (χ4n) is 8.02. The standard InChI is InChI=1S/C52H97O12P/c1-3-5-7-9-11-13-15-17-19-20-21-22-23-24-25-26-27-29-31-33-35-37-39-41-46(53)63-45(44-62-65(59,60)64-52-50(57)48(55)47(54)49(56)51(52)58)43-61-42-40-38-36-34-32-30-28-18-16-14-12-10-8-6-4-2/h10,12,16,18,20-21,45,47-52,54-58H,3-9,11,13-15,17,19,22-44H2,1-2H3,(H,59,60)/b12-10-,18-16-,21-20-. The fourth-order valence-corrected chi connectivity index (χ4v) is 8.99. The molecule has 0 aromatic heterocycles. The molecule has 1 fully saturated rings. The van der Waals surface area contributed by atoms with Crippen LogP contribution in [0, 0.1) is 0 Å². The van der Waals surface area contributed by atoms with E-state index in [9.17, 15) is 39.8 Å². The molecule has 0 radical (unpaired) electrons. The topological polar surface area (TPSA) is 192 Å². The van der Waals surface area contributed by atoms with Crippen molar-refractivity contribution >= 4 is 13.8 Å². The lowest BCUT2D eigenvalue weighted by Gasteiger charge is -2.41. The van der Waals surface area contributed by atoms with Gasteiger partial charge in [0.1, 0.15) is 42.7 Å². The van der Waals surface area contributed by atoms with Crippen LogP contribution < -0.4 is 0 Å². The molecule has 1 saturated carbocycles. The maximum absolute atomic E-state index is 12.8. The first kappa shape index (κ1) is 61.6. The Morgan fingerprint density at radius 1 is 0.492 bits per heavy atom. The largest absolute Gasteiger partial charge is 0.472 e. The van der Waals surface area contributed by atoms with E-state index < -0.39 is 63.1 Å². The van der Waals surface area contributed by atoms with E-state index >= 15 is 0 Å². The van der Waals surface area contributed by atoms with Gasteiger partial charge in [-0.1, -0.05) is 192 Å². The van der Waals surface area contributed by atoms with Crippen molar-refractivity contribution in [1.29, 1.82) is 0 Å². The normalized spacial score (nSPS) is 21.8. The van der Waals surface area contributed by atoms with E-state index in [2.05, 4.69) is 50.3 Å². The van der Waals surface area contributed by atoms with Gasteiger partial charge in [-0.2, -0.15) is 0 Å². The Labute approximate surface area is 395 Å². The molecule has 0 spiro atoms. The predicted molar refractivity (Wildman–Crippen MR) is 263 cm³/mol. The molecule has 0 heterocycles. The van der Waals surface area contributed by atoms with Crippen LogP contribution >= 0.6 is 7.82 Å². The second kappa shape index (κ2) is 42.6. The van der Waals surface area contributed by atoms with Crippen LogP contribution in [0.4, 0.5) is 0 Å². The minimum absolute atomic E-state index is 0.0827. The van der Waals surface area contributed by atoms with Crippen LogP contribution in [0.1, 0.15) is 226 Å². The summed E-state index contributed by atoms with van der Waals surface area (Å²) in [5.74, 6) is -0.480. The van der Waals surface area contributed by atoms with Gasteiger partial charge >= 0.3 is 13.8 Å². The van der Waals surface area contributed by atoms with Crippen molar-refractivity contribution in [3.8, 4) is 0 Å². The van der Waals surface area contributed by atoms with Crippen molar-refractivity contribution in [3.05, 3.63) is 36.5 Å². The third-order valence-corrected chi connectivity index (χ3v) is 13.2. The van der Waals surface area contributed by atoms with Gasteiger partial charge in [0.2, 0.25) is 0 Å². The lowest BCUT2D eigenvalue weighted by atomic mass is 9.85. The summed E-state index contributed by atoms with van der Waals surface area (Å²) < 4.78 is 34.3. The molecule has 0 aromatic rings. The van der Waals surface area contributed by atoms with Crippen LogP contribution in [-0.4, -0.2) is 98.9 Å². The number of allylic oxidation sites excluding steroid dienone is 6. The summed E-state index contributed by atoms with van der Waals surface area (Å²) in [6, 6.07) is 0. The molecule has 0 amide bonds. The van der Waals surface area contributed by atoms with Crippen molar-refractivity contribution in [3.63, 3.8) is 0 Å². The van der Waals surface area contributed by atoms with Gasteiger partial charge in [0.25, 0.3) is 0 Å². The first-order valence-corrected chi connectivity index (χ1v) is 27.8. The van der Waals surface area contributed by atoms with Crippen molar-refractivity contribution < 1.29 is 58.3 Å². The molecule has 12 nitrogen and oxygen atoms in total. The highest BCUT2D eigenvalue weighted by atomic mass is 31.2. The Bertz CT molecular complexity index is 1210. The van der Waals surface area contributed by atoms with Crippen LogP contribution in [0.2, 0.25) is 0 Å². The Morgan fingerprint density at radius 3 is 1.35 bits per heavy atom. The molecule has 65 heavy (non-hydrogen) atoms. The van der Waals surface area contributed by atoms with E-state index in [1.165, 1.54) is 128 Å². The molecule has 6 atom stereocenters. The Hall–Kier alpha value is -1.44. The summed E-state index contributed by atoms with van der Waals surface area (Å²) in [5, 5.41) is 50.3. The molecular weight excluding hydrogens is 848 g/mol. The van der Waals surface area contributed by atoms with Gasteiger partial charge in [0.05, 0.1) is 13.2 Å². The molecule has 6 N–H and O–H groups in total. The van der Waals surface area contributed by atoms with Crippen molar-refractivity contribution in [2.45, 2.75) is 268 Å². The third-order valence-electron chi connectivity index (χ3n) is 12.2. The van der Waals surface area contributed by atoms with Crippen LogP contribution in [0.3, 0.4) is 0 Å². The zero-order chi connectivity index (χ0) is 47.6. The molecule has 13 heteroatoms. The van der Waals surface area contributed by atoms with E-state index in [0.717, 1.165) is 70.6 Å². The van der Waals surface area contributed by atoms with Gasteiger partial charge in [-0.25, -0.2) is 4.57 Å². The van der Waals surface area contributed by atoms with Crippen LogP contribution in [-0.2, 0) is 27.9 Å². The van der Waals surface area contributed by atoms with Gasteiger partial charge in [-0.3, -0.25) is 13.8 Å². The molecule has 0 bridgehead atoms. The molecule has 0 aliphatic heterocycles. The van der Waals surface area contributed by atoms with E-state index in [0.29, 0.717) is 13.0 Å². The van der Waals surface area contributed by atoms with E-state index in [4.69, 9.17) is 18.5 Å². The summed E-state index contributed by atoms with van der Waals surface area (Å²) in [7, 11) is -5.02. The fraction of sp³-hybridized carbons (Fsp3) is 0.865. The monoisotopic (exact) mass is 945 g/mol. The van der Waals surface area contributed by atoms with Crippen LogP contribution in [0.5, 0.6) is 0 Å². The number of hydrogen-bond donors (Lipinski definition) is 6. The Morgan fingerprint density at radius 2 is 0.877 bits per heavy atom. The van der Waals surface area contributed by atoms with Crippen LogP contribution in [0.25, 0.3) is 0 Å². The number of hydrogen-bond acceptors (Lipinski definition) is 11. The highest BCUT2D eigenvalue weighted by Gasteiger charge is 2.51. The lowest BCUT2D eigenvalue weighted by molar-refractivity contribution is -0.220. The minimum Gasteiger partial charge on any atom is -0.457 e. The number of aliphatic hydroxyl groups excluding tert-OH is 5. The SMILES string of the molecule is CCCC/C=C\C/C=C\CCCCCCCCOCC(COP(=O)(O)OC1C(O)C(O)C(O)C(O)C1O)OC(=O)CCCCCCCCCCCCC/C=C\CCCCCCCCCC. The lowest BCUT2D eigenvalue weighted by Crippen LogP contribution is -2.64. The van der Waals surface area contributed by atoms with Gasteiger partial charge in [-0.05, 0) is 64.2 Å². The number of aliphatic hydroxyl groups is 5. The zero-order valence-corrected chi connectivity index (χ0v) is 41.9. The molecule has 6 unspecified atom stereocenters. The number of carbonyl (C=O) groups is 1. The summed E-state index contributed by atoms with van der Waals surface area (Å²) in [6.45, 7) is 4.22. The summed E-state index contributed by atoms with van der Waals surface area (Å²) in [6.07, 6.45) is 39.3. The van der Waals surface area contributed by atoms with Crippen molar-refractivity contribution in [2.24, 2.45) is 0 Å². The summed E-state index contributed by atoms with van der Waals surface area (Å²) >= 11 is 0. The minimum atomic E-state index is -5.02. The average Bonchev–Trinajstić information content (AvgIpc) is 3.29. The second-order valence-electron chi connectivity index (χ2n) is 18.4. The van der Waals surface area contributed by atoms with Gasteiger partial charge in [-0.15, -0.1) is 0 Å².